The summed E-state index contributed by atoms with van der Waals surface area (Å²) in [5.74, 6) is 1.24. The lowest BCUT2D eigenvalue weighted by molar-refractivity contribution is -0.122. The molecule has 1 atom stereocenters. The first-order valence-corrected chi connectivity index (χ1v) is 5.83. The maximum absolute atomic E-state index is 11.6. The molecule has 0 aliphatic heterocycles. The van der Waals surface area contributed by atoms with Gasteiger partial charge in [0.15, 0.2) is 5.82 Å². The van der Waals surface area contributed by atoms with E-state index in [9.17, 15) is 4.79 Å². The number of carbonyl (C=O) groups excluding carboxylic acids is 1. The Balaban J connectivity index is 2.27. The fraction of sp³-hybridized carbons (Fsp3) is 0.727. The molecule has 0 aliphatic rings. The summed E-state index contributed by atoms with van der Waals surface area (Å²) in [6.45, 7) is 5.09. The van der Waals surface area contributed by atoms with E-state index in [-0.39, 0.29) is 11.8 Å². The Labute approximate surface area is 101 Å². The molecule has 3 N–H and O–H groups in total. The zero-order chi connectivity index (χ0) is 12.7. The molecule has 0 radical (unpaired) electrons. The monoisotopic (exact) mass is 240 g/mol. The van der Waals surface area contributed by atoms with Crippen molar-refractivity contribution in [3.8, 4) is 0 Å². The van der Waals surface area contributed by atoms with Crippen LogP contribution >= 0.6 is 0 Å². The van der Waals surface area contributed by atoms with Crippen LogP contribution in [-0.4, -0.2) is 22.6 Å². The summed E-state index contributed by atoms with van der Waals surface area (Å²) in [4.78, 5) is 15.5. The first kappa shape index (κ1) is 13.6. The first-order valence-electron chi connectivity index (χ1n) is 5.83. The van der Waals surface area contributed by atoms with Crippen LogP contribution in [0.1, 0.15) is 32.5 Å². The van der Waals surface area contributed by atoms with Crippen LogP contribution in [0.3, 0.4) is 0 Å². The minimum Gasteiger partial charge on any atom is -0.349 e. The molecule has 1 unspecified atom stereocenters. The zero-order valence-electron chi connectivity index (χ0n) is 10.3. The number of amides is 1. The maximum atomic E-state index is 11.6. The minimum atomic E-state index is -0.0223. The summed E-state index contributed by atoms with van der Waals surface area (Å²) < 4.78 is 4.57. The van der Waals surface area contributed by atoms with E-state index in [1.165, 1.54) is 6.39 Å². The zero-order valence-corrected chi connectivity index (χ0v) is 10.3. The van der Waals surface area contributed by atoms with Gasteiger partial charge in [0.05, 0.1) is 6.54 Å². The maximum Gasteiger partial charge on any atom is 0.220 e. The normalized spacial score (nSPS) is 12.7. The molecular formula is C11H20N4O2. The Morgan fingerprint density at radius 2 is 2.35 bits per heavy atom. The molecular weight excluding hydrogens is 220 g/mol. The Kier molecular flexibility index (Phi) is 5.62. The SMILES string of the molecule is CC(C)CC(CN)CC(=O)NCc1ncon1. The van der Waals surface area contributed by atoms with E-state index in [1.54, 1.807) is 0 Å². The van der Waals surface area contributed by atoms with Gasteiger partial charge in [-0.3, -0.25) is 4.79 Å². The molecule has 96 valence electrons. The van der Waals surface area contributed by atoms with Crippen molar-refractivity contribution in [2.24, 2.45) is 17.6 Å². The van der Waals surface area contributed by atoms with Gasteiger partial charge < -0.3 is 15.6 Å². The second kappa shape index (κ2) is 7.01. The van der Waals surface area contributed by atoms with Crippen molar-refractivity contribution < 1.29 is 9.32 Å². The molecule has 1 aromatic rings. The van der Waals surface area contributed by atoms with Crippen LogP contribution in [-0.2, 0) is 11.3 Å². The van der Waals surface area contributed by atoms with E-state index < -0.39 is 0 Å². The van der Waals surface area contributed by atoms with Crippen LogP contribution < -0.4 is 11.1 Å². The molecule has 0 bridgehead atoms. The van der Waals surface area contributed by atoms with Gasteiger partial charge in [-0.15, -0.1) is 0 Å². The molecule has 0 aromatic carbocycles. The molecule has 1 heterocycles. The largest absolute Gasteiger partial charge is 0.349 e. The van der Waals surface area contributed by atoms with Crippen molar-refractivity contribution in [1.82, 2.24) is 15.5 Å². The summed E-state index contributed by atoms with van der Waals surface area (Å²) >= 11 is 0. The number of carbonyl (C=O) groups is 1. The van der Waals surface area contributed by atoms with Crippen molar-refractivity contribution in [2.45, 2.75) is 33.2 Å². The van der Waals surface area contributed by atoms with Gasteiger partial charge in [-0.1, -0.05) is 19.0 Å². The number of aromatic nitrogens is 2. The lowest BCUT2D eigenvalue weighted by Gasteiger charge is -2.16. The summed E-state index contributed by atoms with van der Waals surface area (Å²) in [5.41, 5.74) is 5.64. The van der Waals surface area contributed by atoms with Crippen LogP contribution in [0.15, 0.2) is 10.9 Å². The van der Waals surface area contributed by atoms with Gasteiger partial charge in [0.25, 0.3) is 0 Å². The highest BCUT2D eigenvalue weighted by Crippen LogP contribution is 2.13. The topological polar surface area (TPSA) is 94.0 Å². The number of hydrogen-bond acceptors (Lipinski definition) is 5. The molecule has 0 aliphatic carbocycles. The number of nitrogens with two attached hydrogens (primary N) is 1. The Bertz CT molecular complexity index is 324. The van der Waals surface area contributed by atoms with Crippen LogP contribution in [0.25, 0.3) is 0 Å². The van der Waals surface area contributed by atoms with Gasteiger partial charge in [0.2, 0.25) is 12.3 Å². The van der Waals surface area contributed by atoms with Gasteiger partial charge in [0.1, 0.15) is 0 Å². The third-order valence-corrected chi connectivity index (χ3v) is 2.46. The molecule has 0 fully saturated rings. The average Bonchev–Trinajstić information content (AvgIpc) is 2.77. The minimum absolute atomic E-state index is 0.0223. The summed E-state index contributed by atoms with van der Waals surface area (Å²) in [6.07, 6.45) is 2.65. The molecule has 1 rings (SSSR count). The van der Waals surface area contributed by atoms with E-state index in [2.05, 4.69) is 33.8 Å². The Hall–Kier alpha value is -1.43. The molecule has 6 nitrogen and oxygen atoms in total. The molecule has 17 heavy (non-hydrogen) atoms. The molecule has 0 spiro atoms. The van der Waals surface area contributed by atoms with Crippen molar-refractivity contribution >= 4 is 5.91 Å². The molecule has 6 heteroatoms. The highest BCUT2D eigenvalue weighted by atomic mass is 16.5. The van der Waals surface area contributed by atoms with Crippen molar-refractivity contribution in [1.29, 1.82) is 0 Å². The van der Waals surface area contributed by atoms with Gasteiger partial charge in [-0.25, -0.2) is 0 Å². The fourth-order valence-electron chi connectivity index (χ4n) is 1.71. The summed E-state index contributed by atoms with van der Waals surface area (Å²) in [5, 5.41) is 6.35. The van der Waals surface area contributed by atoms with Gasteiger partial charge in [-0.05, 0) is 24.8 Å². The van der Waals surface area contributed by atoms with E-state index in [0.29, 0.717) is 31.3 Å². The van der Waals surface area contributed by atoms with Gasteiger partial charge in [0, 0.05) is 6.42 Å². The lowest BCUT2D eigenvalue weighted by Crippen LogP contribution is -2.28. The predicted octanol–water partition coefficient (Wildman–Crippen LogP) is 0.697. The fourth-order valence-corrected chi connectivity index (χ4v) is 1.71. The molecule has 1 aromatic heterocycles. The molecule has 1 amide bonds. The quantitative estimate of drug-likeness (QED) is 0.731. The summed E-state index contributed by atoms with van der Waals surface area (Å²) in [6, 6.07) is 0. The smallest absolute Gasteiger partial charge is 0.220 e. The molecule has 0 saturated carbocycles. The van der Waals surface area contributed by atoms with E-state index in [1.807, 2.05) is 0 Å². The van der Waals surface area contributed by atoms with E-state index in [4.69, 9.17) is 5.73 Å². The van der Waals surface area contributed by atoms with E-state index in [0.717, 1.165) is 6.42 Å². The van der Waals surface area contributed by atoms with Crippen molar-refractivity contribution in [3.63, 3.8) is 0 Å². The number of nitrogens with zero attached hydrogens (tertiary/aromatic N) is 2. The number of hydrogen-bond donors (Lipinski definition) is 2. The Morgan fingerprint density at radius 3 is 2.88 bits per heavy atom. The second-order valence-corrected chi connectivity index (χ2v) is 4.56. The Morgan fingerprint density at radius 1 is 1.59 bits per heavy atom. The van der Waals surface area contributed by atoms with Crippen molar-refractivity contribution in [2.75, 3.05) is 6.54 Å². The van der Waals surface area contributed by atoms with Crippen LogP contribution in [0.4, 0.5) is 0 Å². The van der Waals surface area contributed by atoms with E-state index >= 15 is 0 Å². The number of rotatable bonds is 7. The average molecular weight is 240 g/mol. The third kappa shape index (κ3) is 5.44. The van der Waals surface area contributed by atoms with Crippen molar-refractivity contribution in [3.05, 3.63) is 12.2 Å². The highest BCUT2D eigenvalue weighted by Gasteiger charge is 2.14. The first-order chi connectivity index (χ1) is 8.11. The van der Waals surface area contributed by atoms with Crippen LogP contribution in [0.2, 0.25) is 0 Å². The third-order valence-electron chi connectivity index (χ3n) is 2.46. The van der Waals surface area contributed by atoms with Gasteiger partial charge >= 0.3 is 0 Å². The predicted molar refractivity (Wildman–Crippen MR) is 62.8 cm³/mol. The number of nitrogens with one attached hydrogen (secondary N) is 1. The van der Waals surface area contributed by atoms with Gasteiger partial charge in [-0.2, -0.15) is 4.98 Å². The van der Waals surface area contributed by atoms with Crippen LogP contribution in [0.5, 0.6) is 0 Å². The lowest BCUT2D eigenvalue weighted by atomic mass is 9.94. The second-order valence-electron chi connectivity index (χ2n) is 4.56. The summed E-state index contributed by atoms with van der Waals surface area (Å²) in [7, 11) is 0. The standard InChI is InChI=1S/C11H20N4O2/c1-8(2)3-9(5-12)4-11(16)13-6-10-14-7-17-15-10/h7-9H,3-6,12H2,1-2H3,(H,13,16). The molecule has 0 saturated heterocycles. The highest BCUT2D eigenvalue weighted by molar-refractivity contribution is 5.76. The van der Waals surface area contributed by atoms with Crippen LogP contribution in [0, 0.1) is 11.8 Å².